The molecule has 0 atom stereocenters. The molecule has 0 radical (unpaired) electrons. The number of amides is 1. The van der Waals surface area contributed by atoms with E-state index < -0.39 is 0 Å². The van der Waals surface area contributed by atoms with Gasteiger partial charge in [-0.25, -0.2) is 0 Å². The van der Waals surface area contributed by atoms with E-state index in [1.54, 1.807) is 0 Å². The van der Waals surface area contributed by atoms with Crippen LogP contribution in [-0.2, 0) is 6.42 Å². The number of carbonyl (C=O) groups is 2. The molecule has 3 aromatic rings. The molecule has 1 fully saturated rings. The minimum Gasteiger partial charge on any atom is -0.337 e. The van der Waals surface area contributed by atoms with Crippen molar-refractivity contribution in [3.8, 4) is 0 Å². The Morgan fingerprint density at radius 1 is 1.14 bits per heavy atom. The van der Waals surface area contributed by atoms with Gasteiger partial charge in [0.1, 0.15) is 11.4 Å². The zero-order valence-electron chi connectivity index (χ0n) is 15.8. The number of nitrogens with zero attached hydrogens (tertiary/aromatic N) is 3. The summed E-state index contributed by atoms with van der Waals surface area (Å²) < 4.78 is 0. The molecule has 1 saturated heterocycles. The van der Waals surface area contributed by atoms with Crippen LogP contribution in [-0.4, -0.2) is 50.1 Å². The number of piperidine rings is 1. The van der Waals surface area contributed by atoms with E-state index in [4.69, 9.17) is 0 Å². The van der Waals surface area contributed by atoms with Crippen molar-refractivity contribution in [3.63, 3.8) is 0 Å². The van der Waals surface area contributed by atoms with Gasteiger partial charge in [0, 0.05) is 38.0 Å². The second kappa shape index (κ2) is 7.80. The number of hydrogen-bond acceptors (Lipinski definition) is 4. The number of rotatable bonds is 5. The number of carbonyl (C=O) groups excluding carboxylic acids is 2. The normalized spacial score (nSPS) is 15.0. The van der Waals surface area contributed by atoms with Gasteiger partial charge in [0.2, 0.25) is 0 Å². The van der Waals surface area contributed by atoms with E-state index in [-0.39, 0.29) is 11.7 Å². The summed E-state index contributed by atoms with van der Waals surface area (Å²) in [6.07, 6.45) is 4.52. The quantitative estimate of drug-likeness (QED) is 0.668. The lowest BCUT2D eigenvalue weighted by Gasteiger charge is -2.31. The maximum atomic E-state index is 12.7. The topological polar surface area (TPSA) is 94.7 Å². The fourth-order valence-electron chi connectivity index (χ4n) is 3.78. The van der Waals surface area contributed by atoms with Crippen molar-refractivity contribution in [3.05, 3.63) is 70.8 Å². The van der Waals surface area contributed by atoms with Gasteiger partial charge in [-0.15, -0.1) is 0 Å². The Morgan fingerprint density at radius 3 is 2.57 bits per heavy atom. The average molecular weight is 377 g/mol. The molecule has 0 unspecified atom stereocenters. The highest BCUT2D eigenvalue weighted by Crippen LogP contribution is 2.30. The molecule has 144 valence electrons. The van der Waals surface area contributed by atoms with Crippen molar-refractivity contribution in [2.24, 2.45) is 0 Å². The number of aromatic nitrogens is 4. The molecular formula is C21H23N5O2. The van der Waals surface area contributed by atoms with Gasteiger partial charge in [0.25, 0.3) is 5.91 Å². The maximum Gasteiger partial charge on any atom is 0.271 e. The molecule has 1 aliphatic rings. The molecule has 1 aliphatic heterocycles. The molecule has 2 aromatic heterocycles. The van der Waals surface area contributed by atoms with Gasteiger partial charge in [-0.1, -0.05) is 30.3 Å². The lowest BCUT2D eigenvalue weighted by molar-refractivity contribution is 0.0706. The van der Waals surface area contributed by atoms with Crippen LogP contribution in [0.25, 0.3) is 0 Å². The lowest BCUT2D eigenvalue weighted by Crippen LogP contribution is -2.38. The van der Waals surface area contributed by atoms with Gasteiger partial charge in [-0.05, 0) is 30.0 Å². The predicted molar refractivity (Wildman–Crippen MR) is 104 cm³/mol. The Morgan fingerprint density at radius 2 is 1.89 bits per heavy atom. The van der Waals surface area contributed by atoms with Crippen molar-refractivity contribution >= 4 is 11.7 Å². The molecule has 0 bridgehead atoms. The Hall–Kier alpha value is -3.22. The Bertz CT molecular complexity index is 968. The largest absolute Gasteiger partial charge is 0.337 e. The van der Waals surface area contributed by atoms with Crippen LogP contribution in [0.5, 0.6) is 0 Å². The third kappa shape index (κ3) is 3.74. The molecule has 2 N–H and O–H groups in total. The van der Waals surface area contributed by atoms with Crippen LogP contribution in [0.15, 0.2) is 42.6 Å². The van der Waals surface area contributed by atoms with Gasteiger partial charge in [-0.2, -0.15) is 10.2 Å². The summed E-state index contributed by atoms with van der Waals surface area (Å²) in [5, 5.41) is 14.0. The van der Waals surface area contributed by atoms with Gasteiger partial charge in [-0.3, -0.25) is 19.8 Å². The zero-order valence-corrected chi connectivity index (χ0v) is 15.8. The summed E-state index contributed by atoms with van der Waals surface area (Å²) in [7, 11) is 0. The van der Waals surface area contributed by atoms with Crippen LogP contribution in [0.1, 0.15) is 63.5 Å². The number of benzene rings is 1. The summed E-state index contributed by atoms with van der Waals surface area (Å²) in [5.74, 6) is 0.103. The average Bonchev–Trinajstić information content (AvgIpc) is 3.38. The van der Waals surface area contributed by atoms with E-state index in [2.05, 4.69) is 32.5 Å². The minimum atomic E-state index is -0.154. The number of aromatic amines is 2. The van der Waals surface area contributed by atoms with Crippen molar-refractivity contribution < 1.29 is 9.59 Å². The summed E-state index contributed by atoms with van der Waals surface area (Å²) in [5.41, 5.74) is 4.32. The van der Waals surface area contributed by atoms with Gasteiger partial charge < -0.3 is 4.90 Å². The van der Waals surface area contributed by atoms with Gasteiger partial charge in [0.15, 0.2) is 5.78 Å². The summed E-state index contributed by atoms with van der Waals surface area (Å²) in [6, 6.07) is 11.9. The van der Waals surface area contributed by atoms with Crippen molar-refractivity contribution in [1.82, 2.24) is 25.3 Å². The van der Waals surface area contributed by atoms with E-state index in [1.807, 2.05) is 29.3 Å². The number of Topliss-reactive ketones (excluding diaryl/α,β-unsaturated/α-hetero) is 1. The third-order valence-corrected chi connectivity index (χ3v) is 5.35. The molecule has 1 amide bonds. The van der Waals surface area contributed by atoms with E-state index in [1.165, 1.54) is 29.8 Å². The third-order valence-electron chi connectivity index (χ3n) is 5.35. The number of likely N-dealkylation sites (tertiary alicyclic amines) is 1. The second-order valence-corrected chi connectivity index (χ2v) is 7.26. The molecule has 7 nitrogen and oxygen atoms in total. The molecule has 3 heterocycles. The highest BCUT2D eigenvalue weighted by atomic mass is 16.2. The summed E-state index contributed by atoms with van der Waals surface area (Å²) >= 11 is 0. The Balaban J connectivity index is 1.40. The van der Waals surface area contributed by atoms with Crippen molar-refractivity contribution in [2.75, 3.05) is 13.1 Å². The first-order valence-electron chi connectivity index (χ1n) is 9.53. The zero-order chi connectivity index (χ0) is 19.5. The molecule has 28 heavy (non-hydrogen) atoms. The molecular weight excluding hydrogens is 354 g/mol. The van der Waals surface area contributed by atoms with Crippen LogP contribution < -0.4 is 0 Å². The molecule has 0 saturated carbocycles. The van der Waals surface area contributed by atoms with Crippen LogP contribution in [0.3, 0.4) is 0 Å². The Labute approximate surface area is 163 Å². The lowest BCUT2D eigenvalue weighted by atomic mass is 9.89. The van der Waals surface area contributed by atoms with Crippen LogP contribution in [0.4, 0.5) is 0 Å². The van der Waals surface area contributed by atoms with Gasteiger partial charge in [0.05, 0.1) is 6.20 Å². The molecule has 1 aromatic carbocycles. The van der Waals surface area contributed by atoms with E-state index in [0.29, 0.717) is 30.4 Å². The number of H-pyrrole nitrogens is 2. The van der Waals surface area contributed by atoms with Gasteiger partial charge >= 0.3 is 0 Å². The van der Waals surface area contributed by atoms with Crippen LogP contribution >= 0.6 is 0 Å². The first-order valence-corrected chi connectivity index (χ1v) is 9.53. The summed E-state index contributed by atoms with van der Waals surface area (Å²) in [4.78, 5) is 25.9. The van der Waals surface area contributed by atoms with Crippen molar-refractivity contribution in [2.45, 2.75) is 32.1 Å². The van der Waals surface area contributed by atoms with Crippen LogP contribution in [0.2, 0.25) is 0 Å². The first-order chi connectivity index (χ1) is 13.6. The second-order valence-electron chi connectivity index (χ2n) is 7.26. The predicted octanol–water partition coefficient (Wildman–Crippen LogP) is 2.95. The fraction of sp³-hybridized carbons (Fsp3) is 0.333. The summed E-state index contributed by atoms with van der Waals surface area (Å²) in [6.45, 7) is 2.77. The van der Waals surface area contributed by atoms with E-state index in [0.717, 1.165) is 19.3 Å². The van der Waals surface area contributed by atoms with E-state index >= 15 is 0 Å². The smallest absolute Gasteiger partial charge is 0.271 e. The van der Waals surface area contributed by atoms with E-state index in [9.17, 15) is 9.59 Å². The minimum absolute atomic E-state index is 0.104. The molecule has 0 aliphatic carbocycles. The molecule has 0 spiro atoms. The number of hydrogen-bond donors (Lipinski definition) is 2. The Kier molecular flexibility index (Phi) is 5.06. The maximum absolute atomic E-state index is 12.7. The van der Waals surface area contributed by atoms with Crippen LogP contribution in [0, 0.1) is 0 Å². The first kappa shape index (κ1) is 18.2. The number of nitrogens with one attached hydrogen (secondary N) is 2. The standard InChI is InChI=1S/C21H23N5O2/c1-14(27)18-12-19(24-23-18)21(28)26-9-7-16(8-10-26)20-17(13-22-25-20)11-15-5-3-2-4-6-15/h2-6,12-13,16H,7-11H2,1H3,(H,22,25)(H,23,24). The molecule has 4 rings (SSSR count). The van der Waals surface area contributed by atoms with Crippen molar-refractivity contribution in [1.29, 1.82) is 0 Å². The highest BCUT2D eigenvalue weighted by molar-refractivity contribution is 5.97. The number of ketones is 1. The SMILES string of the molecule is CC(=O)c1cc(C(=O)N2CCC(c3[nH]ncc3Cc3ccccc3)CC2)[nH]n1. The fourth-order valence-corrected chi connectivity index (χ4v) is 3.78. The molecule has 7 heteroatoms. The highest BCUT2D eigenvalue weighted by Gasteiger charge is 2.28. The monoisotopic (exact) mass is 377 g/mol.